The van der Waals surface area contributed by atoms with Gasteiger partial charge in [-0.3, -0.25) is 9.59 Å². The number of ketones is 2. The molecule has 0 aromatic rings. The van der Waals surface area contributed by atoms with Gasteiger partial charge in [0.2, 0.25) is 0 Å². The van der Waals surface area contributed by atoms with Crippen molar-refractivity contribution in [1.82, 2.24) is 0 Å². The van der Waals surface area contributed by atoms with Crippen LogP contribution in [0.4, 0.5) is 0 Å². The summed E-state index contributed by atoms with van der Waals surface area (Å²) in [4.78, 5) is 22.9. The lowest BCUT2D eigenvalue weighted by molar-refractivity contribution is -0.114. The summed E-state index contributed by atoms with van der Waals surface area (Å²) in [6.45, 7) is 2.27. The fraction of sp³-hybridized carbons (Fsp3) is 0.739. The van der Waals surface area contributed by atoms with E-state index in [0.717, 1.165) is 12.8 Å². The minimum atomic E-state index is -0.0458. The third-order valence-corrected chi connectivity index (χ3v) is 5.08. The van der Waals surface area contributed by atoms with E-state index in [0.29, 0.717) is 5.57 Å². The van der Waals surface area contributed by atoms with Gasteiger partial charge in [0, 0.05) is 5.57 Å². The van der Waals surface area contributed by atoms with Crippen LogP contribution in [0.1, 0.15) is 110 Å². The van der Waals surface area contributed by atoms with E-state index >= 15 is 0 Å². The smallest absolute Gasteiger partial charge is 0.182 e. The van der Waals surface area contributed by atoms with Crippen molar-refractivity contribution in [2.45, 2.75) is 110 Å². The zero-order valence-corrected chi connectivity index (χ0v) is 16.4. The van der Waals surface area contributed by atoms with Crippen molar-refractivity contribution >= 4 is 11.6 Å². The Morgan fingerprint density at radius 1 is 0.600 bits per heavy atom. The van der Waals surface area contributed by atoms with Crippen LogP contribution in [0.2, 0.25) is 0 Å². The van der Waals surface area contributed by atoms with Crippen LogP contribution >= 0.6 is 0 Å². The van der Waals surface area contributed by atoms with E-state index in [-0.39, 0.29) is 11.6 Å². The summed E-state index contributed by atoms with van der Waals surface area (Å²) in [6.07, 6.45) is 25.2. The molecule has 1 aliphatic rings. The standard InChI is InChI=1S/C23H38O2/c1-2-3-4-5-6-7-8-9-10-11-12-13-14-15-16-17-21-20-22(24)18-19-23(21)25/h18-20H,2-17H2,1H3. The summed E-state index contributed by atoms with van der Waals surface area (Å²) in [5.41, 5.74) is 0.696. The first kappa shape index (κ1) is 21.9. The Morgan fingerprint density at radius 3 is 1.52 bits per heavy atom. The Kier molecular flexibility index (Phi) is 13.2. The number of hydrogen-bond acceptors (Lipinski definition) is 2. The second-order valence-electron chi connectivity index (χ2n) is 7.47. The number of hydrogen-bond donors (Lipinski definition) is 0. The second kappa shape index (κ2) is 15.1. The molecule has 2 nitrogen and oxygen atoms in total. The summed E-state index contributed by atoms with van der Waals surface area (Å²) in [6, 6.07) is 0. The van der Waals surface area contributed by atoms with E-state index in [1.54, 1.807) is 0 Å². The minimum absolute atomic E-state index is 0.0185. The third kappa shape index (κ3) is 11.9. The van der Waals surface area contributed by atoms with Crippen molar-refractivity contribution in [3.8, 4) is 0 Å². The fourth-order valence-corrected chi connectivity index (χ4v) is 3.44. The van der Waals surface area contributed by atoms with Gasteiger partial charge in [-0.25, -0.2) is 0 Å². The summed E-state index contributed by atoms with van der Waals surface area (Å²) in [5, 5.41) is 0. The molecule has 0 heterocycles. The fourth-order valence-electron chi connectivity index (χ4n) is 3.44. The minimum Gasteiger partial charge on any atom is -0.290 e. The molecule has 1 aliphatic carbocycles. The predicted molar refractivity (Wildman–Crippen MR) is 107 cm³/mol. The highest BCUT2D eigenvalue weighted by Crippen LogP contribution is 2.16. The quantitative estimate of drug-likeness (QED) is 0.225. The molecular weight excluding hydrogens is 308 g/mol. The number of carbonyl (C=O) groups excluding carboxylic acids is 2. The lowest BCUT2D eigenvalue weighted by Gasteiger charge is -2.06. The van der Waals surface area contributed by atoms with Gasteiger partial charge in [0.15, 0.2) is 11.6 Å². The first-order valence-electron chi connectivity index (χ1n) is 10.7. The summed E-state index contributed by atoms with van der Waals surface area (Å²) in [7, 11) is 0. The number of allylic oxidation sites excluding steroid dienone is 4. The highest BCUT2D eigenvalue weighted by Gasteiger charge is 2.12. The molecule has 0 spiro atoms. The zero-order chi connectivity index (χ0) is 18.2. The van der Waals surface area contributed by atoms with Crippen molar-refractivity contribution in [3.63, 3.8) is 0 Å². The number of carbonyl (C=O) groups is 2. The molecule has 0 bridgehead atoms. The average molecular weight is 347 g/mol. The Bertz CT molecular complexity index is 431. The van der Waals surface area contributed by atoms with E-state index in [2.05, 4.69) is 6.92 Å². The van der Waals surface area contributed by atoms with Crippen LogP contribution < -0.4 is 0 Å². The van der Waals surface area contributed by atoms with Gasteiger partial charge in [-0.2, -0.15) is 0 Å². The van der Waals surface area contributed by atoms with Gasteiger partial charge >= 0.3 is 0 Å². The molecule has 0 aliphatic heterocycles. The van der Waals surface area contributed by atoms with Crippen LogP contribution in [0.3, 0.4) is 0 Å². The molecular formula is C23H38O2. The first-order chi connectivity index (χ1) is 12.2. The number of unbranched alkanes of at least 4 members (excludes halogenated alkanes) is 14. The Morgan fingerprint density at radius 2 is 1.04 bits per heavy atom. The predicted octanol–water partition coefficient (Wildman–Crippen LogP) is 6.88. The topological polar surface area (TPSA) is 34.1 Å². The van der Waals surface area contributed by atoms with Crippen molar-refractivity contribution in [2.75, 3.05) is 0 Å². The third-order valence-electron chi connectivity index (χ3n) is 5.08. The second-order valence-corrected chi connectivity index (χ2v) is 7.47. The van der Waals surface area contributed by atoms with E-state index in [4.69, 9.17) is 0 Å². The van der Waals surface area contributed by atoms with Crippen LogP contribution in [0, 0.1) is 0 Å². The van der Waals surface area contributed by atoms with Crippen LogP contribution in [-0.4, -0.2) is 11.6 Å². The highest BCUT2D eigenvalue weighted by molar-refractivity contribution is 6.17. The SMILES string of the molecule is CCCCCCCCCCCCCCCCCC1=CC(=O)C=CC1=O. The Hall–Kier alpha value is -1.18. The molecule has 1 rings (SSSR count). The molecule has 0 radical (unpaired) electrons. The largest absolute Gasteiger partial charge is 0.290 e. The van der Waals surface area contributed by atoms with E-state index < -0.39 is 0 Å². The Balaban J connectivity index is 1.80. The molecule has 0 saturated heterocycles. The molecule has 0 amide bonds. The first-order valence-corrected chi connectivity index (χ1v) is 10.7. The van der Waals surface area contributed by atoms with Crippen LogP contribution in [0.15, 0.2) is 23.8 Å². The molecule has 25 heavy (non-hydrogen) atoms. The van der Waals surface area contributed by atoms with Crippen LogP contribution in [0.25, 0.3) is 0 Å². The van der Waals surface area contributed by atoms with Crippen LogP contribution in [-0.2, 0) is 9.59 Å². The molecule has 142 valence electrons. The average Bonchev–Trinajstić information content (AvgIpc) is 2.61. The summed E-state index contributed by atoms with van der Waals surface area (Å²) >= 11 is 0. The molecule has 0 saturated carbocycles. The molecule has 0 aromatic carbocycles. The zero-order valence-electron chi connectivity index (χ0n) is 16.4. The van der Waals surface area contributed by atoms with Crippen LogP contribution in [0.5, 0.6) is 0 Å². The Labute approximate surface area is 155 Å². The van der Waals surface area contributed by atoms with Crippen molar-refractivity contribution in [2.24, 2.45) is 0 Å². The molecule has 0 N–H and O–H groups in total. The van der Waals surface area contributed by atoms with Gasteiger partial charge in [-0.15, -0.1) is 0 Å². The maximum absolute atomic E-state index is 11.6. The van der Waals surface area contributed by atoms with Crippen molar-refractivity contribution in [1.29, 1.82) is 0 Å². The normalized spacial score (nSPS) is 14.2. The highest BCUT2D eigenvalue weighted by atomic mass is 16.1. The van der Waals surface area contributed by atoms with Crippen molar-refractivity contribution in [3.05, 3.63) is 23.8 Å². The monoisotopic (exact) mass is 346 g/mol. The molecule has 0 fully saturated rings. The molecule has 0 aromatic heterocycles. The molecule has 0 unspecified atom stereocenters. The molecule has 2 heteroatoms. The molecule has 0 atom stereocenters. The number of rotatable bonds is 16. The van der Waals surface area contributed by atoms with Gasteiger partial charge in [-0.1, -0.05) is 96.8 Å². The van der Waals surface area contributed by atoms with Gasteiger partial charge in [0.05, 0.1) is 0 Å². The van der Waals surface area contributed by atoms with Gasteiger partial charge in [0.25, 0.3) is 0 Å². The van der Waals surface area contributed by atoms with Gasteiger partial charge < -0.3 is 0 Å². The maximum atomic E-state index is 11.6. The summed E-state index contributed by atoms with van der Waals surface area (Å²) < 4.78 is 0. The van der Waals surface area contributed by atoms with Gasteiger partial charge in [0.1, 0.15) is 0 Å². The lowest BCUT2D eigenvalue weighted by atomic mass is 9.97. The van der Waals surface area contributed by atoms with Gasteiger partial charge in [-0.05, 0) is 31.1 Å². The van der Waals surface area contributed by atoms with E-state index in [9.17, 15) is 9.59 Å². The summed E-state index contributed by atoms with van der Waals surface area (Å²) in [5.74, 6) is -0.0273. The maximum Gasteiger partial charge on any atom is 0.182 e. The van der Waals surface area contributed by atoms with E-state index in [1.807, 2.05) is 0 Å². The van der Waals surface area contributed by atoms with E-state index in [1.165, 1.54) is 108 Å². The van der Waals surface area contributed by atoms with Crippen molar-refractivity contribution < 1.29 is 9.59 Å². The lowest BCUT2D eigenvalue weighted by Crippen LogP contribution is -2.07.